The second-order valence-electron chi connectivity index (χ2n) is 4.94. The Morgan fingerprint density at radius 3 is 1.96 bits per heavy atom. The molecule has 15 heteroatoms. The van der Waals surface area contributed by atoms with Gasteiger partial charge in [-0.05, 0) is 13.8 Å². The Hall–Kier alpha value is -1.87. The van der Waals surface area contributed by atoms with Gasteiger partial charge in [0.2, 0.25) is 5.83 Å². The fraction of sp³-hybridized carbons (Fsp3) is 0.636. The smallest absolute Gasteiger partial charge is 0.410 e. The standard InChI is InChI=1S/C11H13F6NO7S/c1-5(2)18-8(20)10(11(15,16)17,25-7(19)6(3)12)24-4-9(13,14)26(21,22)23/h5H,3-4H2,1-2H3,(H,18,20)(H,21,22,23). The van der Waals surface area contributed by atoms with Crippen LogP contribution in [0.15, 0.2) is 12.4 Å². The van der Waals surface area contributed by atoms with Gasteiger partial charge in [-0.15, -0.1) is 0 Å². The van der Waals surface area contributed by atoms with E-state index >= 15 is 0 Å². The molecule has 152 valence electrons. The molecular weight excluding hydrogens is 404 g/mol. The van der Waals surface area contributed by atoms with E-state index < -0.39 is 57.7 Å². The molecule has 0 aromatic carbocycles. The van der Waals surface area contributed by atoms with Gasteiger partial charge in [0.15, 0.2) is 0 Å². The largest absolute Gasteiger partial charge is 0.466 e. The van der Waals surface area contributed by atoms with Crippen molar-refractivity contribution in [1.82, 2.24) is 5.32 Å². The maximum atomic E-state index is 13.3. The highest BCUT2D eigenvalue weighted by Crippen LogP contribution is 2.38. The third-order valence-corrected chi connectivity index (χ3v) is 3.24. The van der Waals surface area contributed by atoms with Crippen molar-refractivity contribution in [2.75, 3.05) is 6.61 Å². The van der Waals surface area contributed by atoms with Crippen molar-refractivity contribution in [2.45, 2.75) is 37.1 Å². The molecule has 8 nitrogen and oxygen atoms in total. The normalized spacial score (nSPS) is 15.3. The maximum absolute atomic E-state index is 13.3. The van der Waals surface area contributed by atoms with E-state index in [1.165, 1.54) is 5.32 Å². The van der Waals surface area contributed by atoms with Crippen molar-refractivity contribution in [3.05, 3.63) is 12.4 Å². The number of carbonyl (C=O) groups is 2. The van der Waals surface area contributed by atoms with E-state index in [4.69, 9.17) is 4.55 Å². The van der Waals surface area contributed by atoms with Gasteiger partial charge in [-0.2, -0.15) is 34.8 Å². The summed E-state index contributed by atoms with van der Waals surface area (Å²) in [6, 6.07) is -1.07. The lowest BCUT2D eigenvalue weighted by atomic mass is 10.2. The summed E-state index contributed by atoms with van der Waals surface area (Å²) in [5.41, 5.74) is 0. The zero-order chi connectivity index (χ0) is 21.1. The molecule has 0 heterocycles. The van der Waals surface area contributed by atoms with Crippen molar-refractivity contribution < 1.29 is 58.4 Å². The minimum absolute atomic E-state index is 1.07. The molecule has 0 aromatic heterocycles. The Morgan fingerprint density at radius 1 is 1.19 bits per heavy atom. The summed E-state index contributed by atoms with van der Waals surface area (Å²) in [6.45, 7) is 1.80. The predicted molar refractivity (Wildman–Crippen MR) is 70.9 cm³/mol. The van der Waals surface area contributed by atoms with Crippen LogP contribution in [0.2, 0.25) is 0 Å². The lowest BCUT2D eigenvalue weighted by Gasteiger charge is -2.34. The number of amides is 1. The SMILES string of the molecule is C=C(F)C(=O)OC(OCC(F)(F)S(=O)(=O)O)(C(=O)NC(C)C)C(F)(F)F. The molecule has 0 aromatic rings. The van der Waals surface area contributed by atoms with Crippen LogP contribution < -0.4 is 5.32 Å². The van der Waals surface area contributed by atoms with E-state index in [0.29, 0.717) is 0 Å². The number of nitrogens with one attached hydrogen (secondary N) is 1. The zero-order valence-electron chi connectivity index (χ0n) is 13.1. The predicted octanol–water partition coefficient (Wildman–Crippen LogP) is 1.29. The zero-order valence-corrected chi connectivity index (χ0v) is 13.9. The molecule has 26 heavy (non-hydrogen) atoms. The summed E-state index contributed by atoms with van der Waals surface area (Å²) in [6.07, 6.45) is -6.06. The molecule has 1 amide bonds. The summed E-state index contributed by atoms with van der Waals surface area (Å²) in [7, 11) is -6.25. The van der Waals surface area contributed by atoms with Crippen LogP contribution in [-0.2, 0) is 29.2 Å². The molecule has 0 aliphatic rings. The molecule has 0 aliphatic carbocycles. The second kappa shape index (κ2) is 7.79. The Labute approximate surface area is 142 Å². The molecule has 0 bridgehead atoms. The highest BCUT2D eigenvalue weighted by Gasteiger charge is 2.68. The molecule has 0 spiro atoms. The Balaban J connectivity index is 6.15. The minimum atomic E-state index is -6.25. The van der Waals surface area contributed by atoms with E-state index in [1.54, 1.807) is 0 Å². The van der Waals surface area contributed by atoms with E-state index in [-0.39, 0.29) is 0 Å². The number of hydrogen-bond donors (Lipinski definition) is 2. The maximum Gasteiger partial charge on any atom is 0.466 e. The van der Waals surface area contributed by atoms with Gasteiger partial charge < -0.3 is 14.8 Å². The first-order chi connectivity index (χ1) is 11.4. The van der Waals surface area contributed by atoms with Gasteiger partial charge in [-0.25, -0.2) is 4.79 Å². The number of ether oxygens (including phenoxy) is 2. The quantitative estimate of drug-likeness (QED) is 0.201. The highest BCUT2D eigenvalue weighted by atomic mass is 32.2. The lowest BCUT2D eigenvalue weighted by molar-refractivity contribution is -0.353. The first-order valence-electron chi connectivity index (χ1n) is 6.31. The monoisotopic (exact) mass is 417 g/mol. The Bertz CT molecular complexity index is 675. The van der Waals surface area contributed by atoms with Crippen LogP contribution >= 0.6 is 0 Å². The van der Waals surface area contributed by atoms with Crippen molar-refractivity contribution in [3.8, 4) is 0 Å². The number of hydrogen-bond acceptors (Lipinski definition) is 6. The Morgan fingerprint density at radius 2 is 1.65 bits per heavy atom. The summed E-state index contributed by atoms with van der Waals surface area (Å²) < 4.78 is 115. The molecular formula is C11H13F6NO7S. The van der Waals surface area contributed by atoms with Gasteiger partial charge in [0.25, 0.3) is 0 Å². The van der Waals surface area contributed by atoms with Crippen LogP contribution in [0.5, 0.6) is 0 Å². The summed E-state index contributed by atoms with van der Waals surface area (Å²) in [5.74, 6) is -11.8. The van der Waals surface area contributed by atoms with Gasteiger partial charge in [0, 0.05) is 6.04 Å². The van der Waals surface area contributed by atoms with Crippen LogP contribution in [0.25, 0.3) is 0 Å². The van der Waals surface area contributed by atoms with Crippen LogP contribution in [0, 0.1) is 0 Å². The lowest BCUT2D eigenvalue weighted by Crippen LogP contribution is -2.63. The van der Waals surface area contributed by atoms with Gasteiger partial charge in [-0.1, -0.05) is 6.58 Å². The Kier molecular flexibility index (Phi) is 7.23. The van der Waals surface area contributed by atoms with E-state index in [2.05, 4.69) is 16.1 Å². The van der Waals surface area contributed by atoms with Gasteiger partial charge >= 0.3 is 39.2 Å². The topological polar surface area (TPSA) is 119 Å². The average Bonchev–Trinajstić information content (AvgIpc) is 2.39. The first-order valence-corrected chi connectivity index (χ1v) is 7.75. The first kappa shape index (κ1) is 24.1. The number of esters is 1. The fourth-order valence-corrected chi connectivity index (χ4v) is 1.42. The number of alkyl halides is 5. The van der Waals surface area contributed by atoms with Crippen molar-refractivity contribution in [3.63, 3.8) is 0 Å². The molecule has 0 radical (unpaired) electrons. The van der Waals surface area contributed by atoms with Crippen molar-refractivity contribution >= 4 is 22.0 Å². The molecule has 0 aliphatic heterocycles. The van der Waals surface area contributed by atoms with Crippen LogP contribution in [0.3, 0.4) is 0 Å². The molecule has 0 fully saturated rings. The van der Waals surface area contributed by atoms with Crippen molar-refractivity contribution in [2.24, 2.45) is 0 Å². The summed E-state index contributed by atoms with van der Waals surface area (Å²) >= 11 is 0. The van der Waals surface area contributed by atoms with E-state index in [0.717, 1.165) is 13.8 Å². The number of halogens is 6. The molecule has 0 rings (SSSR count). The number of rotatable bonds is 8. The molecule has 1 atom stereocenters. The summed E-state index contributed by atoms with van der Waals surface area (Å²) in [5, 5.41) is -3.78. The fourth-order valence-electron chi connectivity index (χ4n) is 1.21. The van der Waals surface area contributed by atoms with Crippen LogP contribution in [0.4, 0.5) is 26.3 Å². The van der Waals surface area contributed by atoms with Gasteiger partial charge in [-0.3, -0.25) is 9.35 Å². The van der Waals surface area contributed by atoms with Gasteiger partial charge in [0.1, 0.15) is 6.61 Å². The van der Waals surface area contributed by atoms with Crippen molar-refractivity contribution in [1.29, 1.82) is 0 Å². The molecule has 0 saturated heterocycles. The van der Waals surface area contributed by atoms with E-state index in [9.17, 15) is 44.3 Å². The number of carbonyl (C=O) groups excluding carboxylic acids is 2. The second-order valence-corrected chi connectivity index (χ2v) is 6.49. The third kappa shape index (κ3) is 5.57. The third-order valence-electron chi connectivity index (χ3n) is 2.37. The molecule has 2 N–H and O–H groups in total. The van der Waals surface area contributed by atoms with Crippen LogP contribution in [-0.4, -0.2) is 54.7 Å². The van der Waals surface area contributed by atoms with E-state index in [1.807, 2.05) is 0 Å². The summed E-state index contributed by atoms with van der Waals surface area (Å²) in [4.78, 5) is 22.9. The van der Waals surface area contributed by atoms with Crippen LogP contribution in [0.1, 0.15) is 13.8 Å². The molecule has 1 unspecified atom stereocenters. The molecule has 0 saturated carbocycles. The minimum Gasteiger partial charge on any atom is -0.410 e. The highest BCUT2D eigenvalue weighted by molar-refractivity contribution is 7.86. The van der Waals surface area contributed by atoms with Gasteiger partial charge in [0.05, 0.1) is 0 Å². The average molecular weight is 417 g/mol.